The monoisotopic (exact) mass is 290 g/mol. The summed E-state index contributed by atoms with van der Waals surface area (Å²) in [4.78, 5) is 11.7. The molecular formula is C14H11ClN2O3. The molecule has 0 fully saturated rings. The van der Waals surface area contributed by atoms with Crippen molar-refractivity contribution in [3.63, 3.8) is 0 Å². The van der Waals surface area contributed by atoms with Crippen LogP contribution in [0, 0.1) is 0 Å². The maximum Gasteiger partial charge on any atom is 0.275 e. The Morgan fingerprint density at radius 1 is 1.15 bits per heavy atom. The predicted molar refractivity (Wildman–Crippen MR) is 76.3 cm³/mol. The quantitative estimate of drug-likeness (QED) is 0.600. The van der Waals surface area contributed by atoms with Gasteiger partial charge in [0.25, 0.3) is 5.91 Å². The van der Waals surface area contributed by atoms with E-state index in [1.165, 1.54) is 18.3 Å². The van der Waals surface area contributed by atoms with Gasteiger partial charge in [-0.05, 0) is 29.8 Å². The molecule has 0 spiro atoms. The van der Waals surface area contributed by atoms with E-state index < -0.39 is 5.91 Å². The summed E-state index contributed by atoms with van der Waals surface area (Å²) in [6, 6.07) is 10.6. The third-order valence-corrected chi connectivity index (χ3v) is 2.73. The van der Waals surface area contributed by atoms with Crippen LogP contribution in [0.15, 0.2) is 47.6 Å². The zero-order valence-electron chi connectivity index (χ0n) is 10.2. The molecule has 0 aliphatic rings. The van der Waals surface area contributed by atoms with E-state index >= 15 is 0 Å². The maximum atomic E-state index is 11.7. The molecular weight excluding hydrogens is 280 g/mol. The molecule has 0 radical (unpaired) electrons. The van der Waals surface area contributed by atoms with Gasteiger partial charge in [0.15, 0.2) is 0 Å². The van der Waals surface area contributed by atoms with Crippen molar-refractivity contribution in [1.29, 1.82) is 0 Å². The number of aromatic hydroxyl groups is 2. The summed E-state index contributed by atoms with van der Waals surface area (Å²) in [5, 5.41) is 23.0. The highest BCUT2D eigenvalue weighted by Crippen LogP contribution is 2.22. The fraction of sp³-hybridized carbons (Fsp3) is 0. The Hall–Kier alpha value is -2.53. The van der Waals surface area contributed by atoms with Crippen LogP contribution in [0.3, 0.4) is 0 Å². The van der Waals surface area contributed by atoms with Crippen molar-refractivity contribution in [2.45, 2.75) is 0 Å². The summed E-state index contributed by atoms with van der Waals surface area (Å²) in [6.45, 7) is 0. The second-order valence-electron chi connectivity index (χ2n) is 3.95. The van der Waals surface area contributed by atoms with E-state index in [1.807, 2.05) is 0 Å². The molecule has 0 saturated carbocycles. The number of carbonyl (C=O) groups is 1. The van der Waals surface area contributed by atoms with Crippen molar-refractivity contribution >= 4 is 23.7 Å². The molecule has 0 aromatic heterocycles. The van der Waals surface area contributed by atoms with Gasteiger partial charge in [-0.25, -0.2) is 5.43 Å². The number of hydrogen-bond donors (Lipinski definition) is 3. The zero-order chi connectivity index (χ0) is 14.5. The molecule has 0 atom stereocenters. The normalized spacial score (nSPS) is 10.7. The Morgan fingerprint density at radius 2 is 1.85 bits per heavy atom. The number of halogens is 1. The molecule has 0 aliphatic carbocycles. The van der Waals surface area contributed by atoms with Gasteiger partial charge in [0, 0.05) is 11.1 Å². The van der Waals surface area contributed by atoms with E-state index in [1.54, 1.807) is 24.3 Å². The van der Waals surface area contributed by atoms with Gasteiger partial charge < -0.3 is 10.2 Å². The van der Waals surface area contributed by atoms with E-state index in [0.717, 1.165) is 11.6 Å². The smallest absolute Gasteiger partial charge is 0.275 e. The number of benzene rings is 2. The Labute approximate surface area is 120 Å². The number of phenols is 2. The number of nitrogens with one attached hydrogen (secondary N) is 1. The molecule has 6 heteroatoms. The molecule has 0 bridgehead atoms. The molecule has 1 amide bonds. The van der Waals surface area contributed by atoms with Crippen LogP contribution in [0.1, 0.15) is 15.9 Å². The van der Waals surface area contributed by atoms with E-state index in [-0.39, 0.29) is 17.1 Å². The van der Waals surface area contributed by atoms with Crippen molar-refractivity contribution in [2.24, 2.45) is 5.10 Å². The molecule has 2 aromatic rings. The lowest BCUT2D eigenvalue weighted by Gasteiger charge is -2.03. The Morgan fingerprint density at radius 3 is 2.50 bits per heavy atom. The lowest BCUT2D eigenvalue weighted by molar-refractivity contribution is 0.0952. The van der Waals surface area contributed by atoms with Crippen LogP contribution in [0.2, 0.25) is 5.02 Å². The Kier molecular flexibility index (Phi) is 4.22. The van der Waals surface area contributed by atoms with Gasteiger partial charge in [0.2, 0.25) is 0 Å². The third-order valence-electron chi connectivity index (χ3n) is 2.48. The highest BCUT2D eigenvalue weighted by molar-refractivity contribution is 6.30. The Balaban J connectivity index is 2.03. The lowest BCUT2D eigenvalue weighted by Crippen LogP contribution is -2.17. The van der Waals surface area contributed by atoms with Crippen molar-refractivity contribution in [3.05, 3.63) is 58.6 Å². The van der Waals surface area contributed by atoms with Crippen molar-refractivity contribution in [3.8, 4) is 11.5 Å². The van der Waals surface area contributed by atoms with Gasteiger partial charge in [-0.3, -0.25) is 4.79 Å². The molecule has 0 heterocycles. The van der Waals surface area contributed by atoms with Crippen LogP contribution in [0.4, 0.5) is 0 Å². The van der Waals surface area contributed by atoms with Crippen LogP contribution in [-0.4, -0.2) is 22.3 Å². The minimum atomic E-state index is -0.576. The first kappa shape index (κ1) is 13.9. The molecule has 20 heavy (non-hydrogen) atoms. The fourth-order valence-electron chi connectivity index (χ4n) is 1.49. The minimum absolute atomic E-state index is 0.0241. The average Bonchev–Trinajstić information content (AvgIpc) is 2.41. The highest BCUT2D eigenvalue weighted by Gasteiger charge is 2.10. The van der Waals surface area contributed by atoms with E-state index in [2.05, 4.69) is 10.5 Å². The van der Waals surface area contributed by atoms with Crippen molar-refractivity contribution in [2.75, 3.05) is 0 Å². The van der Waals surface area contributed by atoms with Gasteiger partial charge in [0.05, 0.1) is 11.8 Å². The zero-order valence-corrected chi connectivity index (χ0v) is 11.0. The molecule has 0 unspecified atom stereocenters. The molecule has 3 N–H and O–H groups in total. The molecule has 5 nitrogen and oxygen atoms in total. The van der Waals surface area contributed by atoms with Crippen LogP contribution in [0.25, 0.3) is 0 Å². The Bertz CT molecular complexity index is 654. The topological polar surface area (TPSA) is 81.9 Å². The van der Waals surface area contributed by atoms with Crippen molar-refractivity contribution in [1.82, 2.24) is 5.43 Å². The number of nitrogens with zero attached hydrogens (tertiary/aromatic N) is 1. The number of carbonyl (C=O) groups excluding carboxylic acids is 1. The van der Waals surface area contributed by atoms with E-state index in [9.17, 15) is 9.90 Å². The van der Waals surface area contributed by atoms with Gasteiger partial charge in [-0.15, -0.1) is 0 Å². The third kappa shape index (κ3) is 3.49. The fourth-order valence-corrected chi connectivity index (χ4v) is 1.61. The number of amides is 1. The molecule has 102 valence electrons. The van der Waals surface area contributed by atoms with Crippen molar-refractivity contribution < 1.29 is 15.0 Å². The summed E-state index contributed by atoms with van der Waals surface area (Å²) < 4.78 is 0. The predicted octanol–water partition coefficient (Wildman–Crippen LogP) is 2.52. The second-order valence-corrected chi connectivity index (χ2v) is 4.39. The van der Waals surface area contributed by atoms with Crippen LogP contribution in [-0.2, 0) is 0 Å². The minimum Gasteiger partial charge on any atom is -0.508 e. The number of phenolic OH excluding ortho intramolecular Hbond substituents is 2. The van der Waals surface area contributed by atoms with Crippen LogP contribution < -0.4 is 5.43 Å². The first-order chi connectivity index (χ1) is 9.56. The average molecular weight is 291 g/mol. The summed E-state index contributed by atoms with van der Waals surface area (Å²) in [6.07, 6.45) is 1.45. The molecule has 0 saturated heterocycles. The van der Waals surface area contributed by atoms with Gasteiger partial charge in [-0.1, -0.05) is 23.7 Å². The van der Waals surface area contributed by atoms with Gasteiger partial charge >= 0.3 is 0 Å². The SMILES string of the molecule is O=C(NN=Cc1ccc(Cl)cc1)c1ccc(O)cc1O. The highest BCUT2D eigenvalue weighted by atomic mass is 35.5. The van der Waals surface area contributed by atoms with Gasteiger partial charge in [0.1, 0.15) is 11.5 Å². The first-order valence-corrected chi connectivity index (χ1v) is 6.05. The van der Waals surface area contributed by atoms with E-state index in [0.29, 0.717) is 5.02 Å². The number of rotatable bonds is 3. The summed E-state index contributed by atoms with van der Waals surface area (Å²) in [5.41, 5.74) is 3.07. The standard InChI is InChI=1S/C14H11ClN2O3/c15-10-3-1-9(2-4-10)8-16-17-14(20)12-6-5-11(18)7-13(12)19/h1-8,18-19H,(H,17,20). The summed E-state index contributed by atoms with van der Waals surface area (Å²) in [5.74, 6) is -1.01. The second kappa shape index (κ2) is 6.08. The summed E-state index contributed by atoms with van der Waals surface area (Å²) >= 11 is 5.74. The number of hydrazone groups is 1. The lowest BCUT2D eigenvalue weighted by atomic mass is 10.2. The summed E-state index contributed by atoms with van der Waals surface area (Å²) in [7, 11) is 0. The van der Waals surface area contributed by atoms with E-state index in [4.69, 9.17) is 16.7 Å². The molecule has 0 aliphatic heterocycles. The first-order valence-electron chi connectivity index (χ1n) is 5.67. The van der Waals surface area contributed by atoms with Crippen LogP contribution >= 0.6 is 11.6 Å². The maximum absolute atomic E-state index is 11.7. The molecule has 2 rings (SSSR count). The number of hydrogen-bond acceptors (Lipinski definition) is 4. The molecule has 2 aromatic carbocycles. The van der Waals surface area contributed by atoms with Crippen LogP contribution in [0.5, 0.6) is 11.5 Å². The van der Waals surface area contributed by atoms with Gasteiger partial charge in [-0.2, -0.15) is 5.10 Å². The largest absolute Gasteiger partial charge is 0.508 e.